The van der Waals surface area contributed by atoms with E-state index in [0.29, 0.717) is 25.6 Å². The van der Waals surface area contributed by atoms with Crippen LogP contribution in [0.4, 0.5) is 0 Å². The Kier molecular flexibility index (Phi) is 6.80. The smallest absolute Gasteiger partial charge is 0.307 e. The van der Waals surface area contributed by atoms with Crippen molar-refractivity contribution in [2.75, 3.05) is 19.7 Å². The number of rotatable bonds is 6. The number of aliphatic hydroxyl groups is 1. The van der Waals surface area contributed by atoms with Gasteiger partial charge in [0.05, 0.1) is 13.0 Å². The van der Waals surface area contributed by atoms with Crippen LogP contribution in [0.2, 0.25) is 0 Å². The molecule has 1 rings (SSSR count). The molecule has 0 amide bonds. The monoisotopic (exact) mass is 271 g/mol. The molecular weight excluding hydrogens is 242 g/mol. The molecule has 0 bridgehead atoms. The Morgan fingerprint density at radius 2 is 1.84 bits per heavy atom. The lowest BCUT2D eigenvalue weighted by Crippen LogP contribution is -2.40. The fourth-order valence-electron chi connectivity index (χ4n) is 2.68. The summed E-state index contributed by atoms with van der Waals surface area (Å²) in [6.45, 7) is 7.17. The third-order valence-electron chi connectivity index (χ3n) is 3.50. The van der Waals surface area contributed by atoms with Gasteiger partial charge in [-0.15, -0.1) is 0 Å². The van der Waals surface area contributed by atoms with Crippen LogP contribution < -0.4 is 0 Å². The van der Waals surface area contributed by atoms with Gasteiger partial charge in [-0.3, -0.25) is 9.69 Å². The van der Waals surface area contributed by atoms with Crippen molar-refractivity contribution in [2.24, 2.45) is 0 Å². The summed E-state index contributed by atoms with van der Waals surface area (Å²) in [5.74, 6) is -0.147. The first-order chi connectivity index (χ1) is 8.92. The lowest BCUT2D eigenvalue weighted by molar-refractivity contribution is -0.155. The summed E-state index contributed by atoms with van der Waals surface area (Å²) >= 11 is 0. The second-order valence-electron chi connectivity index (χ2n) is 6.39. The molecule has 4 nitrogen and oxygen atoms in total. The van der Waals surface area contributed by atoms with Crippen LogP contribution in [0.25, 0.3) is 0 Å². The molecule has 1 N–H and O–H groups in total. The van der Waals surface area contributed by atoms with Crippen LogP contribution in [0.1, 0.15) is 59.3 Å². The first-order valence-electron chi connectivity index (χ1n) is 7.49. The third-order valence-corrected chi connectivity index (χ3v) is 3.50. The summed E-state index contributed by atoms with van der Waals surface area (Å²) in [6.07, 6.45) is 6.63. The maximum absolute atomic E-state index is 11.7. The summed E-state index contributed by atoms with van der Waals surface area (Å²) in [6, 6.07) is 0.531. The molecule has 0 spiro atoms. The minimum absolute atomic E-state index is 0.147. The molecule has 1 aliphatic rings. The van der Waals surface area contributed by atoms with Crippen molar-refractivity contribution in [1.82, 2.24) is 4.90 Å². The summed E-state index contributed by atoms with van der Waals surface area (Å²) in [5.41, 5.74) is -0.413. The number of ether oxygens (including phenoxy) is 1. The first kappa shape index (κ1) is 16.4. The number of hydrogen-bond acceptors (Lipinski definition) is 4. The van der Waals surface area contributed by atoms with Crippen LogP contribution in [0, 0.1) is 0 Å². The molecule has 0 aliphatic heterocycles. The van der Waals surface area contributed by atoms with Crippen LogP contribution in [-0.2, 0) is 9.53 Å². The summed E-state index contributed by atoms with van der Waals surface area (Å²) < 4.78 is 5.33. The van der Waals surface area contributed by atoms with Gasteiger partial charge in [-0.2, -0.15) is 0 Å². The average Bonchev–Trinajstić information content (AvgIpc) is 2.33. The van der Waals surface area contributed by atoms with E-state index < -0.39 is 5.60 Å². The Labute approximate surface area is 117 Å². The predicted molar refractivity (Wildman–Crippen MR) is 76.0 cm³/mol. The fourth-order valence-corrected chi connectivity index (χ4v) is 2.68. The number of esters is 1. The topological polar surface area (TPSA) is 49.8 Å². The van der Waals surface area contributed by atoms with Crippen molar-refractivity contribution in [3.8, 4) is 0 Å². The molecule has 0 radical (unpaired) electrons. The van der Waals surface area contributed by atoms with Crippen molar-refractivity contribution in [1.29, 1.82) is 0 Å². The lowest BCUT2D eigenvalue weighted by atomic mass is 9.94. The zero-order valence-electron chi connectivity index (χ0n) is 12.7. The van der Waals surface area contributed by atoms with Gasteiger partial charge in [-0.1, -0.05) is 19.3 Å². The number of carbonyl (C=O) groups is 1. The molecule has 112 valence electrons. The minimum Gasteiger partial charge on any atom is -0.460 e. The van der Waals surface area contributed by atoms with Crippen LogP contribution >= 0.6 is 0 Å². The normalized spacial score (nSPS) is 17.7. The van der Waals surface area contributed by atoms with Crippen LogP contribution in [0.5, 0.6) is 0 Å². The van der Waals surface area contributed by atoms with E-state index in [-0.39, 0.29) is 12.6 Å². The average molecular weight is 271 g/mol. The van der Waals surface area contributed by atoms with E-state index in [0.717, 1.165) is 0 Å². The number of carbonyl (C=O) groups excluding carboxylic acids is 1. The highest BCUT2D eigenvalue weighted by Crippen LogP contribution is 2.22. The number of nitrogens with zero attached hydrogens (tertiary/aromatic N) is 1. The van der Waals surface area contributed by atoms with E-state index >= 15 is 0 Å². The van der Waals surface area contributed by atoms with Crippen molar-refractivity contribution in [2.45, 2.75) is 70.9 Å². The van der Waals surface area contributed by atoms with Gasteiger partial charge >= 0.3 is 5.97 Å². The van der Waals surface area contributed by atoms with E-state index in [4.69, 9.17) is 9.84 Å². The van der Waals surface area contributed by atoms with Crippen molar-refractivity contribution in [3.63, 3.8) is 0 Å². The quantitative estimate of drug-likeness (QED) is 0.753. The largest absolute Gasteiger partial charge is 0.460 e. The highest BCUT2D eigenvalue weighted by atomic mass is 16.6. The standard InChI is InChI=1S/C15H29NO3/c1-15(2,3)19-14(18)9-10-16(11-12-17)13-7-5-4-6-8-13/h13,17H,4-12H2,1-3H3. The zero-order valence-corrected chi connectivity index (χ0v) is 12.7. The second kappa shape index (κ2) is 7.85. The summed E-state index contributed by atoms with van der Waals surface area (Å²) in [7, 11) is 0. The Balaban J connectivity index is 2.38. The highest BCUT2D eigenvalue weighted by Gasteiger charge is 2.22. The van der Waals surface area contributed by atoms with Gasteiger partial charge in [-0.25, -0.2) is 0 Å². The van der Waals surface area contributed by atoms with Gasteiger partial charge in [0.25, 0.3) is 0 Å². The Bertz CT molecular complexity index is 267. The van der Waals surface area contributed by atoms with Crippen LogP contribution in [0.3, 0.4) is 0 Å². The second-order valence-corrected chi connectivity index (χ2v) is 6.39. The van der Waals surface area contributed by atoms with Gasteiger partial charge in [0.1, 0.15) is 5.60 Å². The highest BCUT2D eigenvalue weighted by molar-refractivity contribution is 5.70. The van der Waals surface area contributed by atoms with E-state index in [1.807, 2.05) is 20.8 Å². The van der Waals surface area contributed by atoms with E-state index in [9.17, 15) is 4.79 Å². The van der Waals surface area contributed by atoms with Gasteiger partial charge in [0.2, 0.25) is 0 Å². The van der Waals surface area contributed by atoms with E-state index in [2.05, 4.69) is 4.90 Å². The van der Waals surface area contributed by atoms with E-state index in [1.165, 1.54) is 32.1 Å². The Morgan fingerprint density at radius 3 is 2.37 bits per heavy atom. The van der Waals surface area contributed by atoms with Gasteiger partial charge < -0.3 is 9.84 Å². The molecule has 4 heteroatoms. The minimum atomic E-state index is -0.413. The molecule has 0 atom stereocenters. The zero-order chi connectivity index (χ0) is 14.3. The van der Waals surface area contributed by atoms with Gasteiger partial charge in [0, 0.05) is 19.1 Å². The maximum Gasteiger partial charge on any atom is 0.307 e. The molecule has 1 aliphatic carbocycles. The third kappa shape index (κ3) is 6.92. The molecule has 0 heterocycles. The maximum atomic E-state index is 11.7. The van der Waals surface area contributed by atoms with Crippen molar-refractivity contribution in [3.05, 3.63) is 0 Å². The molecule has 1 fully saturated rings. The van der Waals surface area contributed by atoms with Gasteiger partial charge in [-0.05, 0) is 33.6 Å². The molecular formula is C15H29NO3. The van der Waals surface area contributed by atoms with Crippen LogP contribution in [0.15, 0.2) is 0 Å². The molecule has 19 heavy (non-hydrogen) atoms. The Hall–Kier alpha value is -0.610. The molecule has 0 aromatic heterocycles. The first-order valence-corrected chi connectivity index (χ1v) is 7.49. The molecule has 0 aromatic carbocycles. The molecule has 0 saturated heterocycles. The summed E-state index contributed by atoms with van der Waals surface area (Å²) in [5, 5.41) is 9.16. The molecule has 0 aromatic rings. The van der Waals surface area contributed by atoms with Gasteiger partial charge in [0.15, 0.2) is 0 Å². The number of aliphatic hydroxyl groups excluding tert-OH is 1. The van der Waals surface area contributed by atoms with E-state index in [1.54, 1.807) is 0 Å². The fraction of sp³-hybridized carbons (Fsp3) is 0.933. The number of hydrogen-bond donors (Lipinski definition) is 1. The molecule has 0 unspecified atom stereocenters. The lowest BCUT2D eigenvalue weighted by Gasteiger charge is -2.34. The van der Waals surface area contributed by atoms with Crippen molar-refractivity contribution >= 4 is 5.97 Å². The summed E-state index contributed by atoms with van der Waals surface area (Å²) in [4.78, 5) is 14.0. The van der Waals surface area contributed by atoms with Crippen molar-refractivity contribution < 1.29 is 14.6 Å². The SMILES string of the molecule is CC(C)(C)OC(=O)CCN(CCO)C1CCCCC1. The molecule has 1 saturated carbocycles. The Morgan fingerprint density at radius 1 is 1.21 bits per heavy atom. The predicted octanol–water partition coefficient (Wildman–Crippen LogP) is 2.35. The van der Waals surface area contributed by atoms with Crippen LogP contribution in [-0.4, -0.2) is 47.3 Å².